The van der Waals surface area contributed by atoms with E-state index in [9.17, 15) is 14.7 Å². The number of hydrogen-bond donors (Lipinski definition) is 1. The van der Waals surface area contributed by atoms with Gasteiger partial charge in [0.2, 0.25) is 0 Å². The van der Waals surface area contributed by atoms with Crippen LogP contribution in [0.3, 0.4) is 0 Å². The molecule has 1 aliphatic rings. The molecule has 6 heteroatoms. The minimum atomic E-state index is -1.48. The van der Waals surface area contributed by atoms with E-state index in [4.69, 9.17) is 27.9 Å². The highest BCUT2D eigenvalue weighted by atomic mass is 35.5. The van der Waals surface area contributed by atoms with Crippen LogP contribution in [-0.4, -0.2) is 22.5 Å². The summed E-state index contributed by atoms with van der Waals surface area (Å²) >= 11 is 12.7. The van der Waals surface area contributed by atoms with Crippen molar-refractivity contribution in [1.82, 2.24) is 0 Å². The van der Waals surface area contributed by atoms with Crippen LogP contribution in [0.25, 0.3) is 0 Å². The Morgan fingerprint density at radius 3 is 2.38 bits per heavy atom. The number of ketones is 1. The van der Waals surface area contributed by atoms with Crippen molar-refractivity contribution in [2.24, 2.45) is 0 Å². The van der Waals surface area contributed by atoms with Crippen molar-refractivity contribution in [2.75, 3.05) is 0 Å². The number of Topliss-reactive ketones (excluding diaryl/α,β-unsaturated/α-hetero) is 1. The van der Waals surface area contributed by atoms with Crippen LogP contribution in [0.1, 0.15) is 42.3 Å². The van der Waals surface area contributed by atoms with Crippen LogP contribution in [0.2, 0.25) is 10.0 Å². The minimum absolute atomic E-state index is 0.0467. The predicted molar refractivity (Wildman–Crippen MR) is 101 cm³/mol. The number of fused-ring (bicyclic) bond motifs is 1. The normalized spacial score (nSPS) is 19.3. The van der Waals surface area contributed by atoms with Crippen LogP contribution in [0.4, 0.5) is 0 Å². The fraction of sp³-hybridized carbons (Fsp3) is 0.300. The minimum Gasteiger partial charge on any atom is -0.478 e. The van der Waals surface area contributed by atoms with Crippen molar-refractivity contribution in [3.05, 3.63) is 63.1 Å². The lowest BCUT2D eigenvalue weighted by atomic mass is 9.79. The van der Waals surface area contributed by atoms with Gasteiger partial charge >= 0.3 is 5.97 Å². The second-order valence-corrected chi connectivity index (χ2v) is 7.91. The molecule has 1 atom stereocenters. The molecule has 0 unspecified atom stereocenters. The van der Waals surface area contributed by atoms with Gasteiger partial charge in [-0.25, -0.2) is 4.79 Å². The summed E-state index contributed by atoms with van der Waals surface area (Å²) < 4.78 is 5.58. The quantitative estimate of drug-likeness (QED) is 0.800. The summed E-state index contributed by atoms with van der Waals surface area (Å²) in [5, 5.41) is 9.42. The van der Waals surface area contributed by atoms with Crippen LogP contribution < -0.4 is 4.74 Å². The zero-order valence-corrected chi connectivity index (χ0v) is 16.1. The molecule has 0 saturated heterocycles. The summed E-state index contributed by atoms with van der Waals surface area (Å²) in [6.07, 6.45) is 0.436. The molecular weight excluding hydrogens is 375 g/mol. The number of carbonyl (C=O) groups excluding carboxylic acids is 1. The Kier molecular flexibility index (Phi) is 4.53. The first kappa shape index (κ1) is 18.7. The van der Waals surface area contributed by atoms with Crippen LogP contribution in [0, 0.1) is 0 Å². The van der Waals surface area contributed by atoms with Crippen molar-refractivity contribution in [2.45, 2.75) is 38.2 Å². The molecule has 0 heterocycles. The van der Waals surface area contributed by atoms with Gasteiger partial charge in [-0.1, -0.05) is 53.5 Å². The summed E-state index contributed by atoms with van der Waals surface area (Å²) in [7, 11) is 0. The van der Waals surface area contributed by atoms with Crippen LogP contribution in [0.5, 0.6) is 5.75 Å². The number of aliphatic carboxylic acids is 1. The highest BCUT2D eigenvalue weighted by molar-refractivity contribution is 6.45. The van der Waals surface area contributed by atoms with Gasteiger partial charge in [0, 0.05) is 5.56 Å². The summed E-state index contributed by atoms with van der Waals surface area (Å²) in [5.41, 5.74) is -0.262. The maximum absolute atomic E-state index is 13.1. The number of halogens is 2. The molecule has 0 bridgehead atoms. The molecular formula is C20H18Cl2O4. The average Bonchev–Trinajstić information content (AvgIpc) is 2.85. The van der Waals surface area contributed by atoms with E-state index in [2.05, 4.69) is 0 Å². The fourth-order valence-electron chi connectivity index (χ4n) is 3.21. The number of hydrogen-bond acceptors (Lipinski definition) is 3. The number of benzene rings is 2. The average molecular weight is 393 g/mol. The lowest BCUT2D eigenvalue weighted by molar-refractivity contribution is -0.152. The molecule has 1 N–H and O–H groups in total. The highest BCUT2D eigenvalue weighted by Gasteiger charge is 2.45. The third-order valence-electron chi connectivity index (χ3n) is 4.82. The number of carboxylic acids is 1. The summed E-state index contributed by atoms with van der Waals surface area (Å²) in [6.45, 7) is 4.72. The Hall–Kier alpha value is -2.04. The van der Waals surface area contributed by atoms with Gasteiger partial charge in [0.1, 0.15) is 10.8 Å². The van der Waals surface area contributed by atoms with Gasteiger partial charge < -0.3 is 9.84 Å². The first-order valence-electron chi connectivity index (χ1n) is 8.11. The summed E-state index contributed by atoms with van der Waals surface area (Å²) in [6, 6.07) is 11.1. The van der Waals surface area contributed by atoms with Gasteiger partial charge in [0.05, 0.1) is 10.4 Å². The van der Waals surface area contributed by atoms with E-state index < -0.39 is 17.0 Å². The Morgan fingerprint density at radius 2 is 1.81 bits per heavy atom. The van der Waals surface area contributed by atoms with Gasteiger partial charge in [-0.15, -0.1) is 0 Å². The monoisotopic (exact) mass is 392 g/mol. The first-order chi connectivity index (χ1) is 12.1. The van der Waals surface area contributed by atoms with Crippen molar-refractivity contribution in [3.8, 4) is 5.75 Å². The molecule has 0 saturated carbocycles. The lowest BCUT2D eigenvalue weighted by Gasteiger charge is -2.23. The van der Waals surface area contributed by atoms with Crippen molar-refractivity contribution in [3.63, 3.8) is 0 Å². The molecule has 0 amide bonds. The van der Waals surface area contributed by atoms with Crippen LogP contribution in [-0.2, 0) is 16.6 Å². The first-order valence-corrected chi connectivity index (χ1v) is 8.87. The van der Waals surface area contributed by atoms with Crippen molar-refractivity contribution >= 4 is 35.0 Å². The van der Waals surface area contributed by atoms with E-state index in [1.807, 2.05) is 37.3 Å². The SMILES string of the molecule is CC(C)(Oc1cc2c(c(Cl)c1Cl)C(=O)[C@@](C)(c1ccccc1)C2)C(=O)O. The van der Waals surface area contributed by atoms with E-state index in [1.54, 1.807) is 6.07 Å². The fourth-order valence-corrected chi connectivity index (χ4v) is 3.69. The molecule has 0 aliphatic heterocycles. The van der Waals surface area contributed by atoms with E-state index >= 15 is 0 Å². The maximum atomic E-state index is 13.1. The van der Waals surface area contributed by atoms with Gasteiger partial charge in [0.25, 0.3) is 0 Å². The van der Waals surface area contributed by atoms with Crippen molar-refractivity contribution < 1.29 is 19.4 Å². The summed E-state index contributed by atoms with van der Waals surface area (Å²) in [5.74, 6) is -1.07. The molecule has 26 heavy (non-hydrogen) atoms. The zero-order chi connectivity index (χ0) is 19.3. The van der Waals surface area contributed by atoms with Gasteiger partial charge in [-0.3, -0.25) is 4.79 Å². The zero-order valence-electron chi connectivity index (χ0n) is 14.6. The molecule has 0 radical (unpaired) electrons. The number of carbonyl (C=O) groups is 2. The standard InChI is InChI=1S/C20H18Cl2O4/c1-19(2,18(24)25)26-13-9-11-10-20(3,12-7-5-4-6-8-12)17(23)14(11)16(22)15(13)21/h4-9H,10H2,1-3H3,(H,24,25)/t20-/m1/s1. The number of carboxylic acid groups (broad SMARTS) is 1. The lowest BCUT2D eigenvalue weighted by Crippen LogP contribution is -2.38. The third-order valence-corrected chi connectivity index (χ3v) is 5.67. The van der Waals surface area contributed by atoms with E-state index in [0.29, 0.717) is 17.5 Å². The van der Waals surface area contributed by atoms with E-state index in [-0.39, 0.29) is 21.6 Å². The van der Waals surface area contributed by atoms with Gasteiger partial charge in [0.15, 0.2) is 11.4 Å². The Balaban J connectivity index is 2.08. The van der Waals surface area contributed by atoms with E-state index in [0.717, 1.165) is 5.56 Å². The smallest absolute Gasteiger partial charge is 0.347 e. The van der Waals surface area contributed by atoms with Crippen LogP contribution in [0.15, 0.2) is 36.4 Å². The highest BCUT2D eigenvalue weighted by Crippen LogP contribution is 2.47. The van der Waals surface area contributed by atoms with E-state index in [1.165, 1.54) is 13.8 Å². The Labute approximate surface area is 161 Å². The van der Waals surface area contributed by atoms with Gasteiger partial charge in [-0.2, -0.15) is 0 Å². The number of ether oxygens (including phenoxy) is 1. The molecule has 3 rings (SSSR count). The third kappa shape index (κ3) is 2.87. The van der Waals surface area contributed by atoms with Gasteiger partial charge in [-0.05, 0) is 44.4 Å². The molecule has 2 aromatic carbocycles. The molecule has 1 aliphatic carbocycles. The molecule has 0 aromatic heterocycles. The molecule has 0 fully saturated rings. The predicted octanol–water partition coefficient (Wildman–Crippen LogP) is 4.93. The molecule has 0 spiro atoms. The topological polar surface area (TPSA) is 63.6 Å². The molecule has 2 aromatic rings. The van der Waals surface area contributed by atoms with Crippen LogP contribution >= 0.6 is 23.2 Å². The Bertz CT molecular complexity index is 906. The molecule has 4 nitrogen and oxygen atoms in total. The summed E-state index contributed by atoms with van der Waals surface area (Å²) in [4.78, 5) is 24.5. The number of rotatable bonds is 4. The second kappa shape index (κ2) is 6.29. The molecule has 136 valence electrons. The Morgan fingerprint density at radius 1 is 1.19 bits per heavy atom. The largest absolute Gasteiger partial charge is 0.478 e. The van der Waals surface area contributed by atoms with Crippen molar-refractivity contribution in [1.29, 1.82) is 0 Å². The maximum Gasteiger partial charge on any atom is 0.347 e. The second-order valence-electron chi connectivity index (χ2n) is 7.16.